The zero-order valence-corrected chi connectivity index (χ0v) is 7.24. The SMILES string of the molecule is N#CCCc1cc(F)cc([N+](=O)[O-])c1. The van der Waals surface area contributed by atoms with Crippen LogP contribution in [0.1, 0.15) is 12.0 Å². The van der Waals surface area contributed by atoms with E-state index in [1.807, 2.05) is 6.07 Å². The predicted octanol–water partition coefficient (Wildman–Crippen LogP) is 2.19. The van der Waals surface area contributed by atoms with Crippen LogP contribution in [-0.2, 0) is 6.42 Å². The summed E-state index contributed by atoms with van der Waals surface area (Å²) in [6, 6.07) is 5.23. The molecular weight excluding hydrogens is 187 g/mol. The second-order valence-corrected chi connectivity index (χ2v) is 2.73. The fourth-order valence-corrected chi connectivity index (χ4v) is 1.08. The number of rotatable bonds is 3. The van der Waals surface area contributed by atoms with Gasteiger partial charge >= 0.3 is 0 Å². The average Bonchev–Trinajstić information content (AvgIpc) is 2.14. The summed E-state index contributed by atoms with van der Waals surface area (Å²) >= 11 is 0. The average molecular weight is 194 g/mol. The van der Waals surface area contributed by atoms with E-state index in [9.17, 15) is 14.5 Å². The number of nitriles is 1. The predicted molar refractivity (Wildman–Crippen MR) is 47.0 cm³/mol. The molecule has 0 aliphatic rings. The molecule has 0 atom stereocenters. The molecule has 5 heteroatoms. The number of nitro benzene ring substituents is 1. The first-order valence-electron chi connectivity index (χ1n) is 3.94. The van der Waals surface area contributed by atoms with Crippen LogP contribution >= 0.6 is 0 Å². The normalized spacial score (nSPS) is 9.43. The first-order valence-corrected chi connectivity index (χ1v) is 3.94. The number of halogens is 1. The summed E-state index contributed by atoms with van der Waals surface area (Å²) in [4.78, 5) is 9.70. The number of benzene rings is 1. The van der Waals surface area contributed by atoms with Crippen LogP contribution in [0.25, 0.3) is 0 Å². The summed E-state index contributed by atoms with van der Waals surface area (Å²) in [5.74, 6) is -0.646. The van der Waals surface area contributed by atoms with Crippen molar-refractivity contribution < 1.29 is 9.31 Å². The number of non-ortho nitro benzene ring substituents is 1. The van der Waals surface area contributed by atoms with Gasteiger partial charge in [0, 0.05) is 12.5 Å². The molecule has 0 unspecified atom stereocenters. The fraction of sp³-hybridized carbons (Fsp3) is 0.222. The minimum atomic E-state index is -0.654. The molecule has 0 amide bonds. The molecule has 0 aliphatic heterocycles. The number of hydrogen-bond acceptors (Lipinski definition) is 3. The summed E-state index contributed by atoms with van der Waals surface area (Å²) in [6.07, 6.45) is 0.551. The maximum atomic E-state index is 12.8. The van der Waals surface area contributed by atoms with E-state index in [-0.39, 0.29) is 12.1 Å². The smallest absolute Gasteiger partial charge is 0.258 e. The van der Waals surface area contributed by atoms with E-state index in [0.717, 1.165) is 6.07 Å². The molecule has 72 valence electrons. The summed E-state index contributed by atoms with van der Waals surface area (Å²) in [6.45, 7) is 0. The lowest BCUT2D eigenvalue weighted by Gasteiger charge is -1.98. The van der Waals surface area contributed by atoms with Gasteiger partial charge in [0.25, 0.3) is 5.69 Å². The highest BCUT2D eigenvalue weighted by Crippen LogP contribution is 2.17. The van der Waals surface area contributed by atoms with Crippen LogP contribution in [0.5, 0.6) is 0 Å². The van der Waals surface area contributed by atoms with E-state index >= 15 is 0 Å². The van der Waals surface area contributed by atoms with Crippen molar-refractivity contribution in [3.05, 3.63) is 39.7 Å². The molecule has 0 N–H and O–H groups in total. The highest BCUT2D eigenvalue weighted by molar-refractivity contribution is 5.35. The second-order valence-electron chi connectivity index (χ2n) is 2.73. The van der Waals surface area contributed by atoms with Crippen molar-refractivity contribution in [3.63, 3.8) is 0 Å². The van der Waals surface area contributed by atoms with E-state index in [4.69, 9.17) is 5.26 Å². The van der Waals surface area contributed by atoms with Gasteiger partial charge in [-0.25, -0.2) is 4.39 Å². The third-order valence-electron chi connectivity index (χ3n) is 1.68. The highest BCUT2D eigenvalue weighted by Gasteiger charge is 2.09. The zero-order chi connectivity index (χ0) is 10.6. The third-order valence-corrected chi connectivity index (χ3v) is 1.68. The molecular formula is C9H7FN2O2. The van der Waals surface area contributed by atoms with Crippen molar-refractivity contribution in [3.8, 4) is 6.07 Å². The molecule has 4 nitrogen and oxygen atoms in total. The monoisotopic (exact) mass is 194 g/mol. The molecule has 0 fully saturated rings. The Labute approximate surface area is 79.7 Å². The fourth-order valence-electron chi connectivity index (χ4n) is 1.08. The summed E-state index contributed by atoms with van der Waals surface area (Å²) in [5.41, 5.74) is 0.191. The van der Waals surface area contributed by atoms with Crippen LogP contribution in [0.4, 0.5) is 10.1 Å². The van der Waals surface area contributed by atoms with E-state index in [0.29, 0.717) is 12.0 Å². The van der Waals surface area contributed by atoms with Crippen molar-refractivity contribution in [2.24, 2.45) is 0 Å². The van der Waals surface area contributed by atoms with Crippen molar-refractivity contribution in [1.29, 1.82) is 5.26 Å². The first kappa shape index (κ1) is 10.1. The lowest BCUT2D eigenvalue weighted by atomic mass is 10.1. The second kappa shape index (κ2) is 4.33. The quantitative estimate of drug-likeness (QED) is 0.547. The van der Waals surface area contributed by atoms with Gasteiger partial charge in [0.05, 0.1) is 17.1 Å². The lowest BCUT2D eigenvalue weighted by molar-refractivity contribution is -0.385. The molecule has 0 bridgehead atoms. The van der Waals surface area contributed by atoms with Gasteiger partial charge in [-0.2, -0.15) is 5.26 Å². The van der Waals surface area contributed by atoms with E-state index < -0.39 is 10.7 Å². The van der Waals surface area contributed by atoms with Gasteiger partial charge in [-0.05, 0) is 18.1 Å². The largest absolute Gasteiger partial charge is 0.272 e. The lowest BCUT2D eigenvalue weighted by Crippen LogP contribution is -1.92. The Morgan fingerprint density at radius 1 is 1.50 bits per heavy atom. The van der Waals surface area contributed by atoms with Gasteiger partial charge in [0.1, 0.15) is 5.82 Å². The zero-order valence-electron chi connectivity index (χ0n) is 7.24. The molecule has 1 aromatic carbocycles. The number of nitrogens with zero attached hydrogens (tertiary/aromatic N) is 2. The van der Waals surface area contributed by atoms with E-state index in [2.05, 4.69) is 0 Å². The Morgan fingerprint density at radius 2 is 2.21 bits per heavy atom. The molecule has 0 heterocycles. The molecule has 1 rings (SSSR count). The molecule has 0 saturated heterocycles. The van der Waals surface area contributed by atoms with Crippen LogP contribution < -0.4 is 0 Å². The van der Waals surface area contributed by atoms with Crippen molar-refractivity contribution >= 4 is 5.69 Å². The molecule has 0 saturated carbocycles. The van der Waals surface area contributed by atoms with Gasteiger partial charge in [0.15, 0.2) is 0 Å². The van der Waals surface area contributed by atoms with Crippen molar-refractivity contribution in [2.75, 3.05) is 0 Å². The van der Waals surface area contributed by atoms with Crippen molar-refractivity contribution in [1.82, 2.24) is 0 Å². The van der Waals surface area contributed by atoms with Crippen LogP contribution in [0.15, 0.2) is 18.2 Å². The Morgan fingerprint density at radius 3 is 2.79 bits per heavy atom. The first-order chi connectivity index (χ1) is 6.63. The Kier molecular flexibility index (Phi) is 3.13. The Bertz CT molecular complexity index is 398. The highest BCUT2D eigenvalue weighted by atomic mass is 19.1. The molecule has 0 spiro atoms. The van der Waals surface area contributed by atoms with Gasteiger partial charge in [0.2, 0.25) is 0 Å². The van der Waals surface area contributed by atoms with Gasteiger partial charge in [-0.3, -0.25) is 10.1 Å². The summed E-state index contributed by atoms with van der Waals surface area (Å²) < 4.78 is 12.8. The standard InChI is InChI=1S/C9H7FN2O2/c10-8-4-7(2-1-3-11)5-9(6-8)12(13)14/h4-6H,1-2H2. The third kappa shape index (κ3) is 2.52. The maximum absolute atomic E-state index is 12.8. The van der Waals surface area contributed by atoms with Crippen molar-refractivity contribution in [2.45, 2.75) is 12.8 Å². The number of aryl methyl sites for hydroxylation is 1. The minimum Gasteiger partial charge on any atom is -0.258 e. The van der Waals surface area contributed by atoms with Crippen LogP contribution in [-0.4, -0.2) is 4.92 Å². The van der Waals surface area contributed by atoms with Gasteiger partial charge in [-0.1, -0.05) is 0 Å². The van der Waals surface area contributed by atoms with Crippen LogP contribution in [0, 0.1) is 27.3 Å². The minimum absolute atomic E-state index is 0.223. The summed E-state index contributed by atoms with van der Waals surface area (Å²) in [5, 5.41) is 18.7. The molecule has 0 aromatic heterocycles. The Hall–Kier alpha value is -1.96. The summed E-state index contributed by atoms with van der Waals surface area (Å²) in [7, 11) is 0. The molecule has 14 heavy (non-hydrogen) atoms. The number of nitro groups is 1. The maximum Gasteiger partial charge on any atom is 0.272 e. The van der Waals surface area contributed by atoms with Gasteiger partial charge < -0.3 is 0 Å². The molecule has 1 aromatic rings. The Balaban J connectivity index is 2.96. The molecule has 0 radical (unpaired) electrons. The topological polar surface area (TPSA) is 66.9 Å². The van der Waals surface area contributed by atoms with E-state index in [1.54, 1.807) is 0 Å². The van der Waals surface area contributed by atoms with Crippen LogP contribution in [0.3, 0.4) is 0 Å². The van der Waals surface area contributed by atoms with E-state index in [1.165, 1.54) is 12.1 Å². The number of hydrogen-bond donors (Lipinski definition) is 0. The van der Waals surface area contributed by atoms with Gasteiger partial charge in [-0.15, -0.1) is 0 Å². The van der Waals surface area contributed by atoms with Crippen LogP contribution in [0.2, 0.25) is 0 Å². The molecule has 0 aliphatic carbocycles.